The maximum atomic E-state index is 6.00. The first-order valence-corrected chi connectivity index (χ1v) is 6.51. The van der Waals surface area contributed by atoms with E-state index in [-0.39, 0.29) is 0 Å². The molecule has 1 atom stereocenters. The first kappa shape index (κ1) is 12.7. The van der Waals surface area contributed by atoms with E-state index in [1.165, 1.54) is 19.3 Å². The van der Waals surface area contributed by atoms with Crippen molar-refractivity contribution in [1.29, 1.82) is 0 Å². The van der Waals surface area contributed by atoms with Gasteiger partial charge in [-0.3, -0.25) is 9.88 Å². The summed E-state index contributed by atoms with van der Waals surface area (Å²) >= 11 is 6.00. The van der Waals surface area contributed by atoms with Crippen molar-refractivity contribution < 1.29 is 0 Å². The molecule has 1 N–H and O–H groups in total. The molecule has 17 heavy (non-hydrogen) atoms. The van der Waals surface area contributed by atoms with Crippen LogP contribution in [-0.4, -0.2) is 41.0 Å². The first-order valence-electron chi connectivity index (χ1n) is 6.13. The molecule has 5 heteroatoms. The molecular weight excluding hydrogens is 236 g/mol. The van der Waals surface area contributed by atoms with Crippen molar-refractivity contribution in [2.75, 3.05) is 20.1 Å². The highest BCUT2D eigenvalue weighted by Crippen LogP contribution is 2.12. The van der Waals surface area contributed by atoms with Crippen LogP contribution in [0.1, 0.15) is 25.0 Å². The minimum absolute atomic E-state index is 0.510. The van der Waals surface area contributed by atoms with Crippen molar-refractivity contribution in [3.63, 3.8) is 0 Å². The van der Waals surface area contributed by atoms with E-state index in [9.17, 15) is 0 Å². The fraction of sp³-hybridized carbons (Fsp3) is 0.667. The molecule has 0 radical (unpaired) electrons. The first-order chi connectivity index (χ1) is 8.25. The second-order valence-electron chi connectivity index (χ2n) is 4.64. The summed E-state index contributed by atoms with van der Waals surface area (Å²) in [6.45, 7) is 2.93. The lowest BCUT2D eigenvalue weighted by atomic mass is 10.0. The van der Waals surface area contributed by atoms with E-state index in [2.05, 4.69) is 27.2 Å². The monoisotopic (exact) mass is 254 g/mol. The van der Waals surface area contributed by atoms with E-state index in [0.717, 1.165) is 25.3 Å². The van der Waals surface area contributed by atoms with Crippen LogP contribution in [0.15, 0.2) is 12.4 Å². The van der Waals surface area contributed by atoms with Gasteiger partial charge in [-0.1, -0.05) is 18.0 Å². The Kier molecular flexibility index (Phi) is 4.71. The molecule has 2 rings (SSSR count). The predicted octanol–water partition coefficient (Wildman–Crippen LogP) is 1.70. The zero-order valence-electron chi connectivity index (χ0n) is 10.2. The second-order valence-corrected chi connectivity index (χ2v) is 5.00. The Morgan fingerprint density at radius 3 is 2.94 bits per heavy atom. The van der Waals surface area contributed by atoms with Crippen LogP contribution in [0.3, 0.4) is 0 Å². The number of piperidine rings is 1. The number of hydrogen-bond acceptors (Lipinski definition) is 4. The van der Waals surface area contributed by atoms with Crippen molar-refractivity contribution in [3.05, 3.63) is 23.2 Å². The van der Waals surface area contributed by atoms with E-state index in [0.29, 0.717) is 11.2 Å². The second kappa shape index (κ2) is 6.28. The summed E-state index contributed by atoms with van der Waals surface area (Å²) in [6, 6.07) is 0.601. The van der Waals surface area contributed by atoms with Crippen LogP contribution in [0.2, 0.25) is 5.15 Å². The quantitative estimate of drug-likeness (QED) is 0.888. The predicted molar refractivity (Wildman–Crippen MR) is 69.0 cm³/mol. The molecule has 1 aliphatic heterocycles. The zero-order chi connectivity index (χ0) is 12.1. The fourth-order valence-electron chi connectivity index (χ4n) is 2.23. The largest absolute Gasteiger partial charge is 0.313 e. The molecule has 2 heterocycles. The Labute approximate surface area is 107 Å². The van der Waals surface area contributed by atoms with Crippen molar-refractivity contribution in [3.8, 4) is 0 Å². The molecule has 0 bridgehead atoms. The lowest BCUT2D eigenvalue weighted by Gasteiger charge is -2.28. The van der Waals surface area contributed by atoms with E-state index < -0.39 is 0 Å². The maximum absolute atomic E-state index is 6.00. The van der Waals surface area contributed by atoms with Crippen LogP contribution < -0.4 is 5.32 Å². The third-order valence-corrected chi connectivity index (χ3v) is 3.40. The number of nitrogens with zero attached hydrogens (tertiary/aromatic N) is 3. The van der Waals surface area contributed by atoms with E-state index in [1.807, 2.05) is 0 Å². The third kappa shape index (κ3) is 3.91. The number of nitrogens with one attached hydrogen (secondary N) is 1. The Hall–Kier alpha value is -0.710. The van der Waals surface area contributed by atoms with Gasteiger partial charge in [-0.15, -0.1) is 0 Å². The molecule has 1 aliphatic rings. The molecule has 1 aromatic heterocycles. The van der Waals surface area contributed by atoms with Crippen molar-refractivity contribution in [1.82, 2.24) is 20.2 Å². The number of hydrogen-bond donors (Lipinski definition) is 1. The molecule has 0 aliphatic carbocycles. The van der Waals surface area contributed by atoms with Gasteiger partial charge >= 0.3 is 0 Å². The number of aromatic nitrogens is 2. The van der Waals surface area contributed by atoms with Crippen LogP contribution >= 0.6 is 11.6 Å². The Morgan fingerprint density at radius 1 is 1.41 bits per heavy atom. The van der Waals surface area contributed by atoms with Gasteiger partial charge in [0.25, 0.3) is 0 Å². The molecule has 1 aromatic rings. The van der Waals surface area contributed by atoms with Gasteiger partial charge in [0.05, 0.1) is 5.69 Å². The van der Waals surface area contributed by atoms with Gasteiger partial charge in [-0.05, 0) is 26.4 Å². The highest BCUT2D eigenvalue weighted by molar-refractivity contribution is 6.29. The zero-order valence-corrected chi connectivity index (χ0v) is 11.0. The number of rotatable bonds is 4. The fourth-order valence-corrected chi connectivity index (χ4v) is 2.40. The summed E-state index contributed by atoms with van der Waals surface area (Å²) in [5, 5.41) is 4.05. The number of likely N-dealkylation sites (N-methyl/N-ethyl adjacent to an activating group) is 1. The van der Waals surface area contributed by atoms with Crippen molar-refractivity contribution in [2.24, 2.45) is 0 Å². The highest BCUT2D eigenvalue weighted by Gasteiger charge is 2.15. The van der Waals surface area contributed by atoms with Gasteiger partial charge in [-0.25, -0.2) is 4.98 Å². The summed E-state index contributed by atoms with van der Waals surface area (Å²) in [4.78, 5) is 10.5. The average Bonchev–Trinajstić information content (AvgIpc) is 2.33. The summed E-state index contributed by atoms with van der Waals surface area (Å²) in [6.07, 6.45) is 7.20. The standard InChI is InChI=1S/C12H19ClN4/c1-17(8-10-4-2-3-5-14-10)9-11-12(13)16-7-6-15-11/h6-7,10,14H,2-5,8-9H2,1H3/t10-/m1/s1. The molecule has 0 unspecified atom stereocenters. The minimum atomic E-state index is 0.510. The molecule has 0 amide bonds. The van der Waals surface area contributed by atoms with Gasteiger partial charge in [0.2, 0.25) is 0 Å². The lowest BCUT2D eigenvalue weighted by Crippen LogP contribution is -2.42. The molecule has 94 valence electrons. The van der Waals surface area contributed by atoms with Gasteiger partial charge in [0.1, 0.15) is 0 Å². The molecular formula is C12H19ClN4. The van der Waals surface area contributed by atoms with Gasteiger partial charge in [0, 0.05) is 31.5 Å². The summed E-state index contributed by atoms with van der Waals surface area (Å²) in [5.41, 5.74) is 0.854. The SMILES string of the molecule is CN(Cc1nccnc1Cl)C[C@H]1CCCCN1. The highest BCUT2D eigenvalue weighted by atomic mass is 35.5. The topological polar surface area (TPSA) is 41.1 Å². The Bertz CT molecular complexity index is 352. The lowest BCUT2D eigenvalue weighted by molar-refractivity contribution is 0.254. The summed E-state index contributed by atoms with van der Waals surface area (Å²) < 4.78 is 0. The Balaban J connectivity index is 1.84. The van der Waals surface area contributed by atoms with Crippen LogP contribution in [0.5, 0.6) is 0 Å². The van der Waals surface area contributed by atoms with E-state index in [1.54, 1.807) is 12.4 Å². The van der Waals surface area contributed by atoms with Crippen LogP contribution in [0, 0.1) is 0 Å². The molecule has 0 spiro atoms. The molecule has 0 aromatic carbocycles. The molecule has 1 saturated heterocycles. The van der Waals surface area contributed by atoms with E-state index in [4.69, 9.17) is 11.6 Å². The third-order valence-electron chi connectivity index (χ3n) is 3.09. The van der Waals surface area contributed by atoms with E-state index >= 15 is 0 Å². The average molecular weight is 255 g/mol. The molecule has 4 nitrogen and oxygen atoms in total. The number of halogens is 1. The molecule has 1 fully saturated rings. The van der Waals surface area contributed by atoms with Crippen molar-refractivity contribution in [2.45, 2.75) is 31.8 Å². The van der Waals surface area contributed by atoms with Crippen LogP contribution in [0.25, 0.3) is 0 Å². The van der Waals surface area contributed by atoms with Crippen molar-refractivity contribution >= 4 is 11.6 Å². The normalized spacial score (nSPS) is 20.8. The summed E-state index contributed by atoms with van der Waals surface area (Å²) in [5.74, 6) is 0. The molecule has 0 saturated carbocycles. The maximum Gasteiger partial charge on any atom is 0.151 e. The summed E-state index contributed by atoms with van der Waals surface area (Å²) in [7, 11) is 2.10. The minimum Gasteiger partial charge on any atom is -0.313 e. The van der Waals surface area contributed by atoms with Crippen LogP contribution in [0.4, 0.5) is 0 Å². The van der Waals surface area contributed by atoms with Crippen LogP contribution in [-0.2, 0) is 6.54 Å². The van der Waals surface area contributed by atoms with Gasteiger partial charge < -0.3 is 5.32 Å². The van der Waals surface area contributed by atoms with Gasteiger partial charge in [-0.2, -0.15) is 0 Å². The smallest absolute Gasteiger partial charge is 0.151 e. The van der Waals surface area contributed by atoms with Gasteiger partial charge in [0.15, 0.2) is 5.15 Å². The Morgan fingerprint density at radius 2 is 2.24 bits per heavy atom.